The lowest BCUT2D eigenvalue weighted by Gasteiger charge is -2.18. The minimum absolute atomic E-state index is 0.155. The first-order valence-corrected chi connectivity index (χ1v) is 12.3. The summed E-state index contributed by atoms with van der Waals surface area (Å²) in [4.78, 5) is 27.3. The van der Waals surface area contributed by atoms with Gasteiger partial charge >= 0.3 is 0 Å². The summed E-state index contributed by atoms with van der Waals surface area (Å²) in [5, 5.41) is 7.28. The van der Waals surface area contributed by atoms with Crippen molar-refractivity contribution < 1.29 is 19.1 Å². The number of benzene rings is 3. The van der Waals surface area contributed by atoms with Gasteiger partial charge in [-0.15, -0.1) is 23.1 Å². The molecule has 4 aromatic rings. The average molecular weight is 489 g/mol. The minimum atomic E-state index is -0.505. The lowest BCUT2D eigenvalue weighted by molar-refractivity contribution is -0.115. The molecule has 1 unspecified atom stereocenters. The van der Waals surface area contributed by atoms with E-state index in [0.717, 1.165) is 10.5 Å². The third kappa shape index (κ3) is 5.08. The summed E-state index contributed by atoms with van der Waals surface area (Å²) in [5.41, 5.74) is 2.18. The molecule has 6 nitrogen and oxygen atoms in total. The largest absolute Gasteiger partial charge is 0.454 e. The van der Waals surface area contributed by atoms with Gasteiger partial charge in [-0.05, 0) is 47.3 Å². The number of amides is 2. The van der Waals surface area contributed by atoms with Gasteiger partial charge in [-0.25, -0.2) is 0 Å². The molecule has 8 heteroatoms. The topological polar surface area (TPSA) is 76.7 Å². The van der Waals surface area contributed by atoms with Crippen molar-refractivity contribution in [3.63, 3.8) is 0 Å². The van der Waals surface area contributed by atoms with Crippen LogP contribution in [-0.2, 0) is 4.79 Å². The van der Waals surface area contributed by atoms with Gasteiger partial charge in [-0.2, -0.15) is 0 Å². The zero-order valence-electron chi connectivity index (χ0n) is 17.9. The molecule has 1 atom stereocenters. The molecule has 0 saturated carbocycles. The fourth-order valence-electron chi connectivity index (χ4n) is 3.47. The lowest BCUT2D eigenvalue weighted by Crippen LogP contribution is -2.19. The Bertz CT molecular complexity index is 1310. The Labute approximate surface area is 204 Å². The van der Waals surface area contributed by atoms with Crippen molar-refractivity contribution in [2.24, 2.45) is 0 Å². The van der Waals surface area contributed by atoms with Gasteiger partial charge in [-0.3, -0.25) is 9.59 Å². The van der Waals surface area contributed by atoms with Crippen LogP contribution in [0.4, 0.5) is 11.4 Å². The van der Waals surface area contributed by atoms with Gasteiger partial charge in [0.1, 0.15) is 5.25 Å². The normalized spacial score (nSPS) is 12.7. The number of carbonyl (C=O) groups excluding carboxylic acids is 2. The summed E-state index contributed by atoms with van der Waals surface area (Å²) in [7, 11) is 0. The molecule has 0 bridgehead atoms. The number of thioether (sulfide) groups is 1. The van der Waals surface area contributed by atoms with E-state index >= 15 is 0 Å². The number of hydrogen-bond donors (Lipinski definition) is 2. The molecule has 0 spiro atoms. The van der Waals surface area contributed by atoms with E-state index in [1.54, 1.807) is 24.3 Å². The van der Waals surface area contributed by atoms with Crippen LogP contribution in [0.15, 0.2) is 95.2 Å². The maximum Gasteiger partial charge on any atom is 0.265 e. The Kier molecular flexibility index (Phi) is 6.51. The molecule has 170 valence electrons. The Morgan fingerprint density at radius 1 is 0.824 bits per heavy atom. The summed E-state index contributed by atoms with van der Waals surface area (Å²) in [6, 6.07) is 26.1. The van der Waals surface area contributed by atoms with Crippen LogP contribution in [-0.4, -0.2) is 18.6 Å². The van der Waals surface area contributed by atoms with E-state index < -0.39 is 5.25 Å². The van der Waals surface area contributed by atoms with E-state index in [1.165, 1.54) is 23.1 Å². The highest BCUT2D eigenvalue weighted by atomic mass is 32.2. The second kappa shape index (κ2) is 10.0. The van der Waals surface area contributed by atoms with Crippen LogP contribution >= 0.6 is 23.1 Å². The maximum absolute atomic E-state index is 13.4. The van der Waals surface area contributed by atoms with Crippen molar-refractivity contribution in [3.05, 3.63) is 101 Å². The van der Waals surface area contributed by atoms with Gasteiger partial charge in [0, 0.05) is 22.3 Å². The van der Waals surface area contributed by atoms with Crippen LogP contribution in [0.1, 0.15) is 20.5 Å². The third-order valence-electron chi connectivity index (χ3n) is 5.07. The molecule has 2 heterocycles. The first-order chi connectivity index (χ1) is 16.7. The van der Waals surface area contributed by atoms with Crippen LogP contribution in [0.5, 0.6) is 11.5 Å². The molecule has 1 aliphatic rings. The van der Waals surface area contributed by atoms with Crippen LogP contribution in [0.3, 0.4) is 0 Å². The molecule has 0 fully saturated rings. The first kappa shape index (κ1) is 22.1. The maximum atomic E-state index is 13.4. The fraction of sp³-hybridized carbons (Fsp3) is 0.0769. The van der Waals surface area contributed by atoms with Crippen LogP contribution in [0.2, 0.25) is 0 Å². The van der Waals surface area contributed by atoms with Gasteiger partial charge in [0.05, 0.1) is 4.88 Å². The molecular formula is C26H20N2O4S2. The molecule has 2 N–H and O–H groups in total. The summed E-state index contributed by atoms with van der Waals surface area (Å²) in [5.74, 6) is 0.949. The van der Waals surface area contributed by atoms with Crippen molar-refractivity contribution in [2.45, 2.75) is 10.1 Å². The van der Waals surface area contributed by atoms with Crippen LogP contribution in [0.25, 0.3) is 0 Å². The number of ether oxygens (including phenoxy) is 2. The van der Waals surface area contributed by atoms with E-state index in [9.17, 15) is 9.59 Å². The standard InChI is InChI=1S/C26H20N2O4S2/c29-25(23-10-5-13-33-23)27-18-8-4-9-20(14-18)34-24(17-6-2-1-3-7-17)26(30)28-19-11-12-21-22(15-19)32-16-31-21/h1-15,24H,16H2,(H,27,29)(H,28,30). The number of rotatable bonds is 7. The Morgan fingerprint density at radius 2 is 1.65 bits per heavy atom. The predicted molar refractivity (Wildman–Crippen MR) is 135 cm³/mol. The molecule has 3 aromatic carbocycles. The van der Waals surface area contributed by atoms with Crippen LogP contribution < -0.4 is 20.1 Å². The molecule has 0 aliphatic carbocycles. The molecule has 2 amide bonds. The van der Waals surface area contributed by atoms with Gasteiger partial charge in [0.25, 0.3) is 5.91 Å². The molecule has 1 aromatic heterocycles. The first-order valence-electron chi connectivity index (χ1n) is 10.5. The molecular weight excluding hydrogens is 468 g/mol. The second-order valence-corrected chi connectivity index (χ2v) is 9.55. The van der Waals surface area contributed by atoms with Crippen molar-refractivity contribution >= 4 is 46.3 Å². The predicted octanol–water partition coefficient (Wildman–Crippen LogP) is 6.20. The highest BCUT2D eigenvalue weighted by molar-refractivity contribution is 8.00. The second-order valence-electron chi connectivity index (χ2n) is 7.43. The highest BCUT2D eigenvalue weighted by Crippen LogP contribution is 2.38. The number of carbonyl (C=O) groups is 2. The average Bonchev–Trinajstić information content (AvgIpc) is 3.55. The zero-order valence-corrected chi connectivity index (χ0v) is 19.5. The monoisotopic (exact) mass is 488 g/mol. The van der Waals surface area contributed by atoms with Crippen molar-refractivity contribution in [1.29, 1.82) is 0 Å². The zero-order chi connectivity index (χ0) is 23.3. The minimum Gasteiger partial charge on any atom is -0.454 e. The summed E-state index contributed by atoms with van der Waals surface area (Å²) < 4.78 is 10.8. The summed E-state index contributed by atoms with van der Waals surface area (Å²) in [6.45, 7) is 0.175. The summed E-state index contributed by atoms with van der Waals surface area (Å²) in [6.07, 6.45) is 0. The van der Waals surface area contributed by atoms with Crippen LogP contribution in [0, 0.1) is 0 Å². The van der Waals surface area contributed by atoms with E-state index in [4.69, 9.17) is 9.47 Å². The van der Waals surface area contributed by atoms with Crippen molar-refractivity contribution in [2.75, 3.05) is 17.4 Å². The highest BCUT2D eigenvalue weighted by Gasteiger charge is 2.23. The van der Waals surface area contributed by atoms with Gasteiger partial charge in [0.2, 0.25) is 12.7 Å². The summed E-state index contributed by atoms with van der Waals surface area (Å²) >= 11 is 2.80. The van der Waals surface area contributed by atoms with E-state index in [0.29, 0.717) is 27.8 Å². The number of hydrogen-bond acceptors (Lipinski definition) is 6. The van der Waals surface area contributed by atoms with E-state index in [-0.39, 0.29) is 18.6 Å². The van der Waals surface area contributed by atoms with Gasteiger partial charge < -0.3 is 20.1 Å². The van der Waals surface area contributed by atoms with Gasteiger partial charge in [-0.1, -0.05) is 42.5 Å². The Hall–Kier alpha value is -3.75. The SMILES string of the molecule is O=C(Nc1cccc(SC(C(=O)Nc2ccc3c(c2)OCO3)c2ccccc2)c1)c1cccs1. The number of thiophene rings is 1. The quantitative estimate of drug-likeness (QED) is 0.303. The number of nitrogens with one attached hydrogen (secondary N) is 2. The Balaban J connectivity index is 1.35. The lowest BCUT2D eigenvalue weighted by atomic mass is 10.1. The van der Waals surface area contributed by atoms with E-state index in [1.807, 2.05) is 66.0 Å². The Morgan fingerprint density at radius 3 is 2.47 bits per heavy atom. The number of fused-ring (bicyclic) bond motifs is 1. The smallest absolute Gasteiger partial charge is 0.265 e. The van der Waals surface area contributed by atoms with Gasteiger partial charge in [0.15, 0.2) is 11.5 Å². The third-order valence-corrected chi connectivity index (χ3v) is 7.19. The molecule has 1 aliphatic heterocycles. The molecule has 0 radical (unpaired) electrons. The number of anilines is 2. The molecule has 34 heavy (non-hydrogen) atoms. The fourth-order valence-corrected chi connectivity index (χ4v) is 5.17. The van der Waals surface area contributed by atoms with Crippen molar-refractivity contribution in [1.82, 2.24) is 0 Å². The van der Waals surface area contributed by atoms with Crippen molar-refractivity contribution in [3.8, 4) is 11.5 Å². The molecule has 5 rings (SSSR count). The molecule has 0 saturated heterocycles. The van der Waals surface area contributed by atoms with E-state index in [2.05, 4.69) is 10.6 Å².